The third kappa shape index (κ3) is 3.34. The number of imidazole rings is 1. The van der Waals surface area contributed by atoms with E-state index in [2.05, 4.69) is 4.98 Å². The first-order valence-corrected chi connectivity index (χ1v) is 9.13. The van der Waals surface area contributed by atoms with Crippen molar-refractivity contribution in [2.45, 2.75) is 0 Å². The van der Waals surface area contributed by atoms with Crippen LogP contribution in [0.5, 0.6) is 11.5 Å². The number of aromatic nitrogens is 3. The van der Waals surface area contributed by atoms with Crippen molar-refractivity contribution in [3.8, 4) is 22.8 Å². The Morgan fingerprint density at radius 3 is 2.59 bits per heavy atom. The van der Waals surface area contributed by atoms with E-state index in [0.29, 0.717) is 11.7 Å². The van der Waals surface area contributed by atoms with E-state index >= 15 is 0 Å². The third-order valence-corrected chi connectivity index (χ3v) is 4.59. The fraction of sp³-hybridized carbons (Fsp3) is 0.0909. The van der Waals surface area contributed by atoms with Gasteiger partial charge in [-0.3, -0.25) is 4.90 Å². The van der Waals surface area contributed by atoms with Crippen LogP contribution in [0.25, 0.3) is 16.9 Å². The molecule has 3 heterocycles. The highest BCUT2D eigenvalue weighted by Crippen LogP contribution is 2.29. The summed E-state index contributed by atoms with van der Waals surface area (Å²) in [6.07, 6.45) is 7.16. The van der Waals surface area contributed by atoms with Gasteiger partial charge in [0.05, 0.1) is 5.69 Å². The van der Waals surface area contributed by atoms with Crippen molar-refractivity contribution < 1.29 is 14.2 Å². The molecule has 0 aliphatic carbocycles. The first-order chi connectivity index (χ1) is 14.3. The van der Waals surface area contributed by atoms with E-state index in [4.69, 9.17) is 19.2 Å². The van der Waals surface area contributed by atoms with Gasteiger partial charge in [0.25, 0.3) is 0 Å². The molecule has 0 saturated heterocycles. The van der Waals surface area contributed by atoms with Crippen LogP contribution in [0, 0.1) is 0 Å². The van der Waals surface area contributed by atoms with Gasteiger partial charge in [-0.25, -0.2) is 9.97 Å². The molecule has 2 aromatic heterocycles. The van der Waals surface area contributed by atoms with Crippen LogP contribution in [0.2, 0.25) is 0 Å². The summed E-state index contributed by atoms with van der Waals surface area (Å²) in [5, 5.41) is 0. The van der Waals surface area contributed by atoms with Gasteiger partial charge >= 0.3 is 0 Å². The first-order valence-electron chi connectivity index (χ1n) is 9.13. The molecule has 2 aromatic carbocycles. The van der Waals surface area contributed by atoms with Gasteiger partial charge in [-0.1, -0.05) is 18.2 Å². The molecule has 7 heteroatoms. The zero-order valence-corrected chi connectivity index (χ0v) is 15.7. The molecule has 29 heavy (non-hydrogen) atoms. The summed E-state index contributed by atoms with van der Waals surface area (Å²) in [5.74, 6) is 2.83. The Labute approximate surface area is 167 Å². The molecule has 0 fully saturated rings. The van der Waals surface area contributed by atoms with Crippen LogP contribution in [0.3, 0.4) is 0 Å². The standard InChI is InChI=1S/C22H18N4O3/c1-25(20-14-27-15-28-20)22-21-23-11-12-26(21)13-19(24-22)16-7-9-18(10-8-16)29-17-5-3-2-4-6-17/h2-14H,15H2,1H3. The summed E-state index contributed by atoms with van der Waals surface area (Å²) in [6.45, 7) is 0.201. The maximum Gasteiger partial charge on any atom is 0.233 e. The van der Waals surface area contributed by atoms with Gasteiger partial charge in [0, 0.05) is 31.2 Å². The van der Waals surface area contributed by atoms with Crippen LogP contribution in [-0.2, 0) is 9.47 Å². The Kier molecular flexibility index (Phi) is 4.25. The van der Waals surface area contributed by atoms with E-state index in [9.17, 15) is 0 Å². The summed E-state index contributed by atoms with van der Waals surface area (Å²) in [7, 11) is 1.87. The fourth-order valence-electron chi connectivity index (χ4n) is 3.11. The van der Waals surface area contributed by atoms with Crippen molar-refractivity contribution in [1.82, 2.24) is 14.4 Å². The predicted molar refractivity (Wildman–Crippen MR) is 108 cm³/mol. The maximum absolute atomic E-state index is 5.87. The summed E-state index contributed by atoms with van der Waals surface area (Å²) in [6, 6.07) is 17.5. The molecule has 0 atom stereocenters. The van der Waals surface area contributed by atoms with E-state index < -0.39 is 0 Å². The largest absolute Gasteiger partial charge is 0.459 e. The van der Waals surface area contributed by atoms with Gasteiger partial charge in [-0.15, -0.1) is 0 Å². The highest BCUT2D eigenvalue weighted by atomic mass is 16.7. The van der Waals surface area contributed by atoms with Gasteiger partial charge in [-0.2, -0.15) is 0 Å². The molecule has 0 bridgehead atoms. The lowest BCUT2D eigenvalue weighted by atomic mass is 10.1. The molecule has 0 spiro atoms. The Bertz CT molecular complexity index is 1170. The Morgan fingerprint density at radius 1 is 1.03 bits per heavy atom. The van der Waals surface area contributed by atoms with E-state index in [1.165, 1.54) is 0 Å². The highest BCUT2D eigenvalue weighted by molar-refractivity contribution is 5.71. The topological polar surface area (TPSA) is 61.1 Å². The summed E-state index contributed by atoms with van der Waals surface area (Å²) < 4.78 is 18.5. The molecule has 1 aliphatic rings. The fourth-order valence-corrected chi connectivity index (χ4v) is 3.11. The van der Waals surface area contributed by atoms with Gasteiger partial charge in [0.2, 0.25) is 12.7 Å². The minimum atomic E-state index is 0.201. The Morgan fingerprint density at radius 2 is 1.83 bits per heavy atom. The lowest BCUT2D eigenvalue weighted by Crippen LogP contribution is -2.19. The minimum Gasteiger partial charge on any atom is -0.459 e. The van der Waals surface area contributed by atoms with Crippen molar-refractivity contribution in [3.63, 3.8) is 0 Å². The van der Waals surface area contributed by atoms with Crippen LogP contribution in [0.15, 0.2) is 85.3 Å². The second-order valence-corrected chi connectivity index (χ2v) is 6.49. The maximum atomic E-state index is 5.87. The lowest BCUT2D eigenvalue weighted by molar-refractivity contribution is 0.0790. The molecule has 0 unspecified atom stereocenters. The summed E-state index contributed by atoms with van der Waals surface area (Å²) in [5.41, 5.74) is 2.51. The second kappa shape index (κ2) is 7.20. The number of rotatable bonds is 5. The predicted octanol–water partition coefficient (Wildman–Crippen LogP) is 4.43. The SMILES string of the molecule is CN(C1=COCO1)c1nc(-c2ccc(Oc3ccccc3)cc2)cn2ccnc12. The zero-order chi connectivity index (χ0) is 19.6. The highest BCUT2D eigenvalue weighted by Gasteiger charge is 2.19. The summed E-state index contributed by atoms with van der Waals surface area (Å²) >= 11 is 0. The van der Waals surface area contributed by atoms with Gasteiger partial charge in [-0.05, 0) is 36.4 Å². The quantitative estimate of drug-likeness (QED) is 0.506. The number of benzene rings is 2. The lowest BCUT2D eigenvalue weighted by Gasteiger charge is -2.18. The van der Waals surface area contributed by atoms with Crippen molar-refractivity contribution in [2.75, 3.05) is 18.7 Å². The molecule has 4 aromatic rings. The molecule has 144 valence electrons. The molecular weight excluding hydrogens is 368 g/mol. The number of hydrogen-bond donors (Lipinski definition) is 0. The van der Waals surface area contributed by atoms with E-state index in [1.807, 2.05) is 83.3 Å². The van der Waals surface area contributed by atoms with Gasteiger partial charge in [0.1, 0.15) is 17.8 Å². The molecule has 0 saturated carbocycles. The van der Waals surface area contributed by atoms with E-state index in [-0.39, 0.29) is 6.79 Å². The van der Waals surface area contributed by atoms with Crippen LogP contribution in [0.4, 0.5) is 5.82 Å². The molecule has 0 amide bonds. The molecule has 7 nitrogen and oxygen atoms in total. The number of anilines is 1. The Balaban J connectivity index is 1.48. The number of nitrogens with zero attached hydrogens (tertiary/aromatic N) is 4. The van der Waals surface area contributed by atoms with Crippen molar-refractivity contribution in [2.24, 2.45) is 0 Å². The monoisotopic (exact) mass is 386 g/mol. The normalized spacial score (nSPS) is 12.9. The van der Waals surface area contributed by atoms with E-state index in [0.717, 1.165) is 28.4 Å². The average molecular weight is 386 g/mol. The number of para-hydroxylation sites is 1. The molecule has 0 radical (unpaired) electrons. The van der Waals surface area contributed by atoms with Gasteiger partial charge in [0.15, 0.2) is 11.5 Å². The zero-order valence-electron chi connectivity index (χ0n) is 15.7. The Hall–Kier alpha value is -4.00. The number of fused-ring (bicyclic) bond motifs is 1. The van der Waals surface area contributed by atoms with Crippen LogP contribution >= 0.6 is 0 Å². The molecule has 1 aliphatic heterocycles. The molecular formula is C22H18N4O3. The third-order valence-electron chi connectivity index (χ3n) is 4.59. The van der Waals surface area contributed by atoms with Crippen LogP contribution in [0.1, 0.15) is 0 Å². The first kappa shape index (κ1) is 17.1. The number of ether oxygens (including phenoxy) is 3. The minimum absolute atomic E-state index is 0.201. The van der Waals surface area contributed by atoms with Crippen molar-refractivity contribution >= 4 is 11.5 Å². The number of hydrogen-bond acceptors (Lipinski definition) is 6. The average Bonchev–Trinajstić information content (AvgIpc) is 3.46. The molecule has 5 rings (SSSR count). The van der Waals surface area contributed by atoms with Gasteiger partial charge < -0.3 is 18.6 Å². The van der Waals surface area contributed by atoms with Crippen LogP contribution in [-0.4, -0.2) is 28.2 Å². The van der Waals surface area contributed by atoms with Crippen LogP contribution < -0.4 is 9.64 Å². The smallest absolute Gasteiger partial charge is 0.233 e. The second-order valence-electron chi connectivity index (χ2n) is 6.49. The van der Waals surface area contributed by atoms with Crippen molar-refractivity contribution in [3.05, 3.63) is 85.3 Å². The summed E-state index contributed by atoms with van der Waals surface area (Å²) in [4.78, 5) is 11.1. The van der Waals surface area contributed by atoms with Crippen molar-refractivity contribution in [1.29, 1.82) is 0 Å². The van der Waals surface area contributed by atoms with E-state index in [1.54, 1.807) is 12.5 Å². The molecule has 0 N–H and O–H groups in total.